The number of hydrogen-bond acceptors (Lipinski definition) is 4. The van der Waals surface area contributed by atoms with Crippen molar-refractivity contribution in [2.75, 3.05) is 5.73 Å². The van der Waals surface area contributed by atoms with Gasteiger partial charge in [0.05, 0.1) is 5.69 Å². The summed E-state index contributed by atoms with van der Waals surface area (Å²) in [5, 5.41) is 8.95. The van der Waals surface area contributed by atoms with Crippen molar-refractivity contribution < 1.29 is 9.90 Å². The molecule has 0 unspecified atom stereocenters. The molecular formula is C10H9BrN4O2. The highest BCUT2D eigenvalue weighted by Gasteiger charge is 2.17. The zero-order valence-corrected chi connectivity index (χ0v) is 10.5. The topological polar surface area (TPSA) is 94.0 Å². The number of pyridine rings is 1. The summed E-state index contributed by atoms with van der Waals surface area (Å²) in [6, 6.07) is 1.50. The summed E-state index contributed by atoms with van der Waals surface area (Å²) in [6.45, 7) is 0. The molecular weight excluding hydrogens is 288 g/mol. The van der Waals surface area contributed by atoms with Crippen molar-refractivity contribution in [3.05, 3.63) is 28.6 Å². The first kappa shape index (κ1) is 11.6. The molecule has 0 bridgehead atoms. The third kappa shape index (κ3) is 2.01. The van der Waals surface area contributed by atoms with Crippen LogP contribution in [0.2, 0.25) is 0 Å². The van der Waals surface area contributed by atoms with Crippen LogP contribution in [0.15, 0.2) is 23.1 Å². The van der Waals surface area contributed by atoms with Crippen LogP contribution in [-0.4, -0.2) is 25.6 Å². The van der Waals surface area contributed by atoms with Gasteiger partial charge in [-0.05, 0) is 22.0 Å². The number of nitrogens with zero attached hydrogens (tertiary/aromatic N) is 3. The Morgan fingerprint density at radius 3 is 2.76 bits per heavy atom. The van der Waals surface area contributed by atoms with E-state index in [-0.39, 0.29) is 15.9 Å². The Morgan fingerprint density at radius 1 is 1.59 bits per heavy atom. The Hall–Kier alpha value is -1.89. The number of aryl methyl sites for hydroxylation is 1. The molecule has 2 aromatic rings. The molecule has 0 amide bonds. The average molecular weight is 297 g/mol. The van der Waals surface area contributed by atoms with Gasteiger partial charge in [0.25, 0.3) is 0 Å². The maximum atomic E-state index is 10.9. The third-order valence-corrected chi connectivity index (χ3v) is 2.84. The Bertz CT molecular complexity index is 571. The van der Waals surface area contributed by atoms with Gasteiger partial charge in [-0.3, -0.25) is 0 Å². The Labute approximate surface area is 105 Å². The number of anilines is 1. The maximum absolute atomic E-state index is 10.9. The summed E-state index contributed by atoms with van der Waals surface area (Å²) in [7, 11) is 1.82. The van der Waals surface area contributed by atoms with E-state index in [0.29, 0.717) is 11.5 Å². The van der Waals surface area contributed by atoms with Crippen molar-refractivity contribution in [3.8, 4) is 11.5 Å². The van der Waals surface area contributed by atoms with Gasteiger partial charge >= 0.3 is 5.97 Å². The number of rotatable bonds is 2. The maximum Gasteiger partial charge on any atom is 0.340 e. The second-order valence-corrected chi connectivity index (χ2v) is 4.18. The molecule has 6 nitrogen and oxygen atoms in total. The molecule has 0 saturated heterocycles. The van der Waals surface area contributed by atoms with Crippen LogP contribution in [0.3, 0.4) is 0 Å². The largest absolute Gasteiger partial charge is 0.478 e. The third-order valence-electron chi connectivity index (χ3n) is 2.27. The number of carboxylic acid groups (broad SMARTS) is 1. The van der Waals surface area contributed by atoms with Gasteiger partial charge in [-0.25, -0.2) is 14.8 Å². The fourth-order valence-corrected chi connectivity index (χ4v) is 2.06. The zero-order valence-electron chi connectivity index (χ0n) is 8.88. The van der Waals surface area contributed by atoms with Gasteiger partial charge in [-0.15, -0.1) is 0 Å². The van der Waals surface area contributed by atoms with E-state index < -0.39 is 5.97 Å². The van der Waals surface area contributed by atoms with Crippen molar-refractivity contribution in [2.24, 2.45) is 7.05 Å². The number of carbonyl (C=O) groups is 1. The summed E-state index contributed by atoms with van der Waals surface area (Å²) in [5.74, 6) is -0.498. The van der Waals surface area contributed by atoms with Crippen molar-refractivity contribution in [1.29, 1.82) is 0 Å². The van der Waals surface area contributed by atoms with Crippen LogP contribution in [0.1, 0.15) is 10.4 Å². The molecule has 0 fully saturated rings. The van der Waals surface area contributed by atoms with E-state index in [1.54, 1.807) is 17.0 Å². The Balaban J connectivity index is 2.61. The molecule has 2 rings (SSSR count). The predicted molar refractivity (Wildman–Crippen MR) is 65.5 cm³/mol. The van der Waals surface area contributed by atoms with Crippen LogP contribution in [0.25, 0.3) is 11.5 Å². The lowest BCUT2D eigenvalue weighted by Gasteiger charge is -2.07. The Morgan fingerprint density at radius 2 is 2.29 bits per heavy atom. The van der Waals surface area contributed by atoms with Crippen molar-refractivity contribution in [1.82, 2.24) is 14.5 Å². The molecule has 0 aromatic carbocycles. The monoisotopic (exact) mass is 296 g/mol. The summed E-state index contributed by atoms with van der Waals surface area (Å²) >= 11 is 3.10. The first-order valence-corrected chi connectivity index (χ1v) is 5.47. The lowest BCUT2D eigenvalue weighted by Crippen LogP contribution is -2.06. The number of imidazole rings is 1. The van der Waals surface area contributed by atoms with Crippen LogP contribution in [0.5, 0.6) is 0 Å². The van der Waals surface area contributed by atoms with Crippen LogP contribution in [0, 0.1) is 0 Å². The van der Waals surface area contributed by atoms with Crippen molar-refractivity contribution in [2.45, 2.75) is 0 Å². The molecule has 0 spiro atoms. The van der Waals surface area contributed by atoms with Gasteiger partial charge in [0.15, 0.2) is 5.82 Å². The first-order valence-electron chi connectivity index (χ1n) is 4.67. The number of aromatic carboxylic acids is 1. The summed E-state index contributed by atoms with van der Waals surface area (Å²) in [4.78, 5) is 19.2. The fourth-order valence-electron chi connectivity index (χ4n) is 1.47. The van der Waals surface area contributed by atoms with Gasteiger partial charge in [0.1, 0.15) is 15.9 Å². The van der Waals surface area contributed by atoms with E-state index in [4.69, 9.17) is 10.8 Å². The number of nitrogens with two attached hydrogens (primary N) is 1. The van der Waals surface area contributed by atoms with E-state index in [1.807, 2.05) is 7.05 Å². The fraction of sp³-hybridized carbons (Fsp3) is 0.100. The van der Waals surface area contributed by atoms with Crippen LogP contribution < -0.4 is 5.73 Å². The number of hydrogen-bond donors (Lipinski definition) is 2. The average Bonchev–Trinajstić information content (AvgIpc) is 2.62. The van der Waals surface area contributed by atoms with Crippen molar-refractivity contribution in [3.63, 3.8) is 0 Å². The van der Waals surface area contributed by atoms with Gasteiger partial charge in [0, 0.05) is 19.4 Å². The van der Waals surface area contributed by atoms with Gasteiger partial charge < -0.3 is 15.4 Å². The smallest absolute Gasteiger partial charge is 0.340 e. The van der Waals surface area contributed by atoms with E-state index in [0.717, 1.165) is 0 Å². The van der Waals surface area contributed by atoms with Crippen LogP contribution in [-0.2, 0) is 7.05 Å². The molecule has 0 aliphatic carbocycles. The second-order valence-electron chi connectivity index (χ2n) is 3.43. The standard InChI is InChI=1S/C10H9BrN4O2/c1-15-3-2-13-9(15)6-4-5(12)7(10(16)17)8(11)14-6/h2-4H,1H3,(H2,12,14)(H,16,17). The summed E-state index contributed by atoms with van der Waals surface area (Å²) in [5.41, 5.74) is 6.32. The summed E-state index contributed by atoms with van der Waals surface area (Å²) < 4.78 is 1.97. The minimum Gasteiger partial charge on any atom is -0.478 e. The first-order chi connectivity index (χ1) is 8.00. The minimum atomic E-state index is -1.12. The number of nitrogen functional groups attached to an aromatic ring is 1. The Kier molecular flexibility index (Phi) is 2.84. The van der Waals surface area contributed by atoms with E-state index in [1.165, 1.54) is 6.07 Å². The molecule has 0 atom stereocenters. The molecule has 0 aliphatic heterocycles. The SMILES string of the molecule is Cn1ccnc1-c1cc(N)c(C(=O)O)c(Br)n1. The summed E-state index contributed by atoms with van der Waals surface area (Å²) in [6.07, 6.45) is 3.40. The zero-order chi connectivity index (χ0) is 12.6. The normalized spacial score (nSPS) is 10.5. The van der Waals surface area contributed by atoms with Crippen molar-refractivity contribution >= 4 is 27.6 Å². The molecule has 88 valence electrons. The second kappa shape index (κ2) is 4.17. The highest BCUT2D eigenvalue weighted by molar-refractivity contribution is 9.10. The highest BCUT2D eigenvalue weighted by Crippen LogP contribution is 2.26. The number of carboxylic acids is 1. The quantitative estimate of drug-likeness (QED) is 0.820. The highest BCUT2D eigenvalue weighted by atomic mass is 79.9. The molecule has 2 heterocycles. The predicted octanol–water partition coefficient (Wildman–Crippen LogP) is 1.52. The van der Waals surface area contributed by atoms with Gasteiger partial charge in [-0.1, -0.05) is 0 Å². The van der Waals surface area contributed by atoms with Gasteiger partial charge in [-0.2, -0.15) is 0 Å². The molecule has 0 aliphatic rings. The molecule has 3 N–H and O–H groups in total. The van der Waals surface area contributed by atoms with E-state index >= 15 is 0 Å². The van der Waals surface area contributed by atoms with E-state index in [2.05, 4.69) is 25.9 Å². The molecule has 17 heavy (non-hydrogen) atoms. The van der Waals surface area contributed by atoms with Crippen LogP contribution in [0.4, 0.5) is 5.69 Å². The number of aromatic nitrogens is 3. The minimum absolute atomic E-state index is 0.0389. The van der Waals surface area contributed by atoms with Gasteiger partial charge in [0.2, 0.25) is 0 Å². The molecule has 7 heteroatoms. The lowest BCUT2D eigenvalue weighted by molar-refractivity contribution is 0.0696. The number of halogens is 1. The lowest BCUT2D eigenvalue weighted by atomic mass is 10.2. The molecule has 0 saturated carbocycles. The molecule has 2 aromatic heterocycles. The van der Waals surface area contributed by atoms with E-state index in [9.17, 15) is 4.79 Å². The molecule has 0 radical (unpaired) electrons. The van der Waals surface area contributed by atoms with Crippen LogP contribution >= 0.6 is 15.9 Å².